The molecule has 0 spiro atoms. The number of aromatic nitrogens is 1. The van der Waals surface area contributed by atoms with Gasteiger partial charge in [0.05, 0.1) is 12.1 Å². The van der Waals surface area contributed by atoms with Crippen molar-refractivity contribution in [2.45, 2.75) is 19.8 Å². The number of hydrogen-bond donors (Lipinski definition) is 2. The number of nitrogens with two attached hydrogens (primary N) is 1. The molecule has 2 aromatic carbocycles. The summed E-state index contributed by atoms with van der Waals surface area (Å²) in [6, 6.07) is 16.6. The Morgan fingerprint density at radius 2 is 1.78 bits per heavy atom. The number of carboxylic acids is 1. The minimum absolute atomic E-state index is 0.0302. The summed E-state index contributed by atoms with van der Waals surface area (Å²) in [4.78, 5) is 22.5. The van der Waals surface area contributed by atoms with Crippen molar-refractivity contribution in [3.05, 3.63) is 76.4 Å². The number of nitrogens with zero attached hydrogens (tertiary/aromatic N) is 1. The fourth-order valence-corrected chi connectivity index (χ4v) is 3.23. The average Bonchev–Trinajstić information content (AvgIpc) is 3.04. The highest BCUT2D eigenvalue weighted by atomic mass is 35.5. The fraction of sp³-hybridized carbons (Fsp3) is 0.143. The maximum absolute atomic E-state index is 11.5. The molecule has 0 aliphatic heterocycles. The van der Waals surface area contributed by atoms with Crippen LogP contribution < -0.4 is 5.73 Å². The molecule has 0 radical (unpaired) electrons. The Hall–Kier alpha value is -3.05. The van der Waals surface area contributed by atoms with Gasteiger partial charge in [0.25, 0.3) is 0 Å². The van der Waals surface area contributed by atoms with E-state index in [0.717, 1.165) is 28.2 Å². The lowest BCUT2D eigenvalue weighted by atomic mass is 10.1. The van der Waals surface area contributed by atoms with Crippen LogP contribution in [0.4, 0.5) is 0 Å². The molecule has 0 fully saturated rings. The third-order valence-electron chi connectivity index (χ3n) is 4.42. The molecule has 0 aliphatic rings. The third kappa shape index (κ3) is 4.04. The molecule has 1 heterocycles. The number of carbonyl (C=O) groups is 2. The van der Waals surface area contributed by atoms with E-state index in [2.05, 4.69) is 0 Å². The molecule has 0 saturated heterocycles. The number of hydrogen-bond acceptors (Lipinski definition) is 2. The summed E-state index contributed by atoms with van der Waals surface area (Å²) in [7, 11) is 0. The molecule has 0 unspecified atom stereocenters. The molecule has 0 aliphatic carbocycles. The highest BCUT2D eigenvalue weighted by molar-refractivity contribution is 6.30. The minimum Gasteiger partial charge on any atom is -0.481 e. The van der Waals surface area contributed by atoms with Crippen LogP contribution in [0.3, 0.4) is 0 Å². The summed E-state index contributed by atoms with van der Waals surface area (Å²) in [5.41, 5.74) is 10.3. The summed E-state index contributed by atoms with van der Waals surface area (Å²) in [5.74, 6) is -1.34. The van der Waals surface area contributed by atoms with Crippen LogP contribution in [0.15, 0.2) is 54.6 Å². The number of halogens is 1. The lowest BCUT2D eigenvalue weighted by molar-refractivity contribution is -0.136. The average molecular weight is 383 g/mol. The van der Waals surface area contributed by atoms with Crippen LogP contribution in [0.2, 0.25) is 5.02 Å². The molecule has 3 rings (SSSR count). The number of carbonyl (C=O) groups excluding carboxylic acids is 1. The smallest absolute Gasteiger partial charge is 0.303 e. The highest BCUT2D eigenvalue weighted by Gasteiger charge is 2.15. The van der Waals surface area contributed by atoms with Gasteiger partial charge in [0.15, 0.2) is 0 Å². The number of carboxylic acid groups (broad SMARTS) is 1. The standard InChI is InChI=1S/C21H19ClN2O3/c1-13-12-15(21(23)27)4-9-18(13)24-17(8-11-20(25)26)7-10-19(24)14-2-5-16(22)6-3-14/h2-7,9-10,12H,8,11H2,1H3,(H2,23,27)(H,25,26). The quantitative estimate of drug-likeness (QED) is 0.669. The summed E-state index contributed by atoms with van der Waals surface area (Å²) < 4.78 is 2.02. The van der Waals surface area contributed by atoms with E-state index in [4.69, 9.17) is 22.4 Å². The van der Waals surface area contributed by atoms with Crippen molar-refractivity contribution in [3.8, 4) is 16.9 Å². The number of primary amides is 1. The van der Waals surface area contributed by atoms with Gasteiger partial charge in [0.2, 0.25) is 5.91 Å². The fourth-order valence-electron chi connectivity index (χ4n) is 3.10. The lowest BCUT2D eigenvalue weighted by Gasteiger charge is -2.17. The second-order valence-corrected chi connectivity index (χ2v) is 6.75. The molecule has 0 atom stereocenters. The first kappa shape index (κ1) is 18.7. The van der Waals surface area contributed by atoms with Gasteiger partial charge in [0.1, 0.15) is 0 Å². The van der Waals surface area contributed by atoms with Crippen molar-refractivity contribution >= 4 is 23.5 Å². The van der Waals surface area contributed by atoms with E-state index in [1.54, 1.807) is 12.1 Å². The van der Waals surface area contributed by atoms with Crippen LogP contribution in [0.1, 0.15) is 28.0 Å². The Kier molecular flexibility index (Phi) is 5.33. The number of amides is 1. The molecule has 6 heteroatoms. The first-order valence-electron chi connectivity index (χ1n) is 8.46. The topological polar surface area (TPSA) is 85.3 Å². The molecule has 0 saturated carbocycles. The highest BCUT2D eigenvalue weighted by Crippen LogP contribution is 2.30. The summed E-state index contributed by atoms with van der Waals surface area (Å²) in [6.45, 7) is 1.90. The number of rotatable bonds is 6. The number of benzene rings is 2. The zero-order chi connectivity index (χ0) is 19.6. The van der Waals surface area contributed by atoms with Crippen molar-refractivity contribution < 1.29 is 14.7 Å². The van der Waals surface area contributed by atoms with Gasteiger partial charge in [-0.05, 0) is 66.9 Å². The van der Waals surface area contributed by atoms with Crippen LogP contribution in [0.5, 0.6) is 0 Å². The molecule has 3 aromatic rings. The van der Waals surface area contributed by atoms with Gasteiger partial charge in [-0.3, -0.25) is 9.59 Å². The molecular formula is C21H19ClN2O3. The Morgan fingerprint density at radius 1 is 1.07 bits per heavy atom. The largest absolute Gasteiger partial charge is 0.481 e. The van der Waals surface area contributed by atoms with E-state index >= 15 is 0 Å². The molecule has 27 heavy (non-hydrogen) atoms. The van der Waals surface area contributed by atoms with E-state index in [9.17, 15) is 9.59 Å². The predicted octanol–water partition coefficient (Wildman–Crippen LogP) is 4.22. The van der Waals surface area contributed by atoms with Crippen molar-refractivity contribution in [1.82, 2.24) is 4.57 Å². The van der Waals surface area contributed by atoms with Crippen LogP contribution in [0.25, 0.3) is 16.9 Å². The van der Waals surface area contributed by atoms with Gasteiger partial charge in [-0.15, -0.1) is 0 Å². The normalized spacial score (nSPS) is 10.7. The molecule has 138 valence electrons. The zero-order valence-electron chi connectivity index (χ0n) is 14.8. The van der Waals surface area contributed by atoms with Crippen LogP contribution in [-0.2, 0) is 11.2 Å². The Bertz CT molecular complexity index is 1010. The van der Waals surface area contributed by atoms with Crippen molar-refractivity contribution in [2.24, 2.45) is 5.73 Å². The van der Waals surface area contributed by atoms with Crippen LogP contribution in [0, 0.1) is 6.92 Å². The predicted molar refractivity (Wildman–Crippen MR) is 105 cm³/mol. The van der Waals surface area contributed by atoms with Crippen LogP contribution >= 0.6 is 11.6 Å². The summed E-state index contributed by atoms with van der Waals surface area (Å²) in [6.07, 6.45) is 0.419. The van der Waals surface area contributed by atoms with Gasteiger partial charge < -0.3 is 15.4 Å². The second kappa shape index (κ2) is 7.68. The minimum atomic E-state index is -0.850. The summed E-state index contributed by atoms with van der Waals surface area (Å²) >= 11 is 6.00. The van der Waals surface area contributed by atoms with Gasteiger partial charge in [-0.2, -0.15) is 0 Å². The molecule has 1 amide bonds. The van der Waals surface area contributed by atoms with Crippen molar-refractivity contribution in [2.75, 3.05) is 0 Å². The van der Waals surface area contributed by atoms with E-state index in [-0.39, 0.29) is 6.42 Å². The number of aryl methyl sites for hydroxylation is 2. The maximum Gasteiger partial charge on any atom is 0.303 e. The third-order valence-corrected chi connectivity index (χ3v) is 4.67. The SMILES string of the molecule is Cc1cc(C(N)=O)ccc1-n1c(CCC(=O)O)ccc1-c1ccc(Cl)cc1. The Labute approximate surface area is 162 Å². The lowest BCUT2D eigenvalue weighted by Crippen LogP contribution is -2.12. The van der Waals surface area contributed by atoms with E-state index in [0.29, 0.717) is 17.0 Å². The second-order valence-electron chi connectivity index (χ2n) is 6.31. The van der Waals surface area contributed by atoms with Crippen LogP contribution in [-0.4, -0.2) is 21.6 Å². The van der Waals surface area contributed by atoms with E-state index in [1.165, 1.54) is 0 Å². The first-order chi connectivity index (χ1) is 12.9. The maximum atomic E-state index is 11.5. The monoisotopic (exact) mass is 382 g/mol. The van der Waals surface area contributed by atoms with Gasteiger partial charge in [0, 0.05) is 22.0 Å². The number of aliphatic carboxylic acids is 1. The Balaban J connectivity index is 2.15. The molecular weight excluding hydrogens is 364 g/mol. The molecule has 0 bridgehead atoms. The molecule has 3 N–H and O–H groups in total. The molecule has 1 aromatic heterocycles. The Morgan fingerprint density at radius 3 is 2.37 bits per heavy atom. The van der Waals surface area contributed by atoms with E-state index < -0.39 is 11.9 Å². The molecule has 5 nitrogen and oxygen atoms in total. The van der Waals surface area contributed by atoms with Gasteiger partial charge in [-0.1, -0.05) is 23.7 Å². The van der Waals surface area contributed by atoms with Gasteiger partial charge in [-0.25, -0.2) is 0 Å². The first-order valence-corrected chi connectivity index (χ1v) is 8.84. The van der Waals surface area contributed by atoms with Gasteiger partial charge >= 0.3 is 5.97 Å². The van der Waals surface area contributed by atoms with E-state index in [1.807, 2.05) is 54.0 Å². The van der Waals surface area contributed by atoms with Crippen molar-refractivity contribution in [1.29, 1.82) is 0 Å². The zero-order valence-corrected chi connectivity index (χ0v) is 15.5. The van der Waals surface area contributed by atoms with Crippen molar-refractivity contribution in [3.63, 3.8) is 0 Å². The summed E-state index contributed by atoms with van der Waals surface area (Å²) in [5, 5.41) is 9.71.